The van der Waals surface area contributed by atoms with Crippen molar-refractivity contribution in [2.45, 2.75) is 13.0 Å². The number of carbonyl (C=O) groups excluding carboxylic acids is 1. The third-order valence-electron chi connectivity index (χ3n) is 5.07. The van der Waals surface area contributed by atoms with E-state index in [2.05, 4.69) is 25.6 Å². The van der Waals surface area contributed by atoms with Crippen LogP contribution in [0.3, 0.4) is 0 Å². The lowest BCUT2D eigenvalue weighted by Gasteiger charge is -2.16. The van der Waals surface area contributed by atoms with Crippen molar-refractivity contribution in [3.63, 3.8) is 0 Å². The zero-order valence-electron chi connectivity index (χ0n) is 18.2. The summed E-state index contributed by atoms with van der Waals surface area (Å²) >= 11 is 0. The highest BCUT2D eigenvalue weighted by atomic mass is 16.5. The number of anilines is 2. The Hall–Kier alpha value is -4.46. The molecule has 4 aromatic rings. The molecule has 2 heterocycles. The normalized spacial score (nSPS) is 11.5. The second kappa shape index (κ2) is 9.78. The molecule has 33 heavy (non-hydrogen) atoms. The fraction of sp³-hybridized carbons (Fsp3) is 0.120. The van der Waals surface area contributed by atoms with Crippen molar-refractivity contribution in [2.24, 2.45) is 0 Å². The van der Waals surface area contributed by atoms with Gasteiger partial charge in [0.05, 0.1) is 30.8 Å². The third kappa shape index (κ3) is 5.24. The predicted molar refractivity (Wildman–Crippen MR) is 126 cm³/mol. The molecule has 2 aromatic carbocycles. The highest BCUT2D eigenvalue weighted by Crippen LogP contribution is 2.31. The van der Waals surface area contributed by atoms with Gasteiger partial charge < -0.3 is 20.5 Å². The first kappa shape index (κ1) is 21.8. The fourth-order valence-electron chi connectivity index (χ4n) is 3.27. The summed E-state index contributed by atoms with van der Waals surface area (Å²) < 4.78 is 5.18. The molecule has 0 saturated heterocycles. The lowest BCUT2D eigenvalue weighted by atomic mass is 10.1. The van der Waals surface area contributed by atoms with E-state index in [1.807, 2.05) is 31.2 Å². The van der Waals surface area contributed by atoms with Crippen molar-refractivity contribution in [3.05, 3.63) is 90.5 Å². The van der Waals surface area contributed by atoms with Crippen LogP contribution < -0.4 is 15.4 Å². The van der Waals surface area contributed by atoms with E-state index in [0.717, 1.165) is 11.1 Å². The maximum absolute atomic E-state index is 12.3. The number of rotatable bonds is 7. The average Bonchev–Trinajstić information content (AvgIpc) is 2.85. The van der Waals surface area contributed by atoms with Crippen LogP contribution in [0, 0.1) is 0 Å². The van der Waals surface area contributed by atoms with Crippen LogP contribution in [0.4, 0.5) is 11.5 Å². The summed E-state index contributed by atoms with van der Waals surface area (Å²) in [7, 11) is 1.50. The minimum absolute atomic E-state index is 0.0491. The van der Waals surface area contributed by atoms with Crippen molar-refractivity contribution in [2.75, 3.05) is 17.7 Å². The van der Waals surface area contributed by atoms with Crippen LogP contribution >= 0.6 is 0 Å². The number of benzene rings is 2. The molecule has 8 heteroatoms. The van der Waals surface area contributed by atoms with Gasteiger partial charge in [-0.1, -0.05) is 12.1 Å². The number of amides is 1. The maximum Gasteiger partial charge on any atom is 0.257 e. The topological polar surface area (TPSA) is 109 Å². The van der Waals surface area contributed by atoms with E-state index in [0.29, 0.717) is 28.5 Å². The number of aromatic nitrogens is 3. The number of phenolic OH excluding ortho intramolecular Hbond substituents is 1. The highest BCUT2D eigenvalue weighted by Gasteiger charge is 2.11. The Morgan fingerprint density at radius 1 is 1.03 bits per heavy atom. The monoisotopic (exact) mass is 441 g/mol. The largest absolute Gasteiger partial charge is 0.504 e. The van der Waals surface area contributed by atoms with Gasteiger partial charge in [0, 0.05) is 29.7 Å². The van der Waals surface area contributed by atoms with E-state index in [-0.39, 0.29) is 17.7 Å². The molecule has 0 aliphatic rings. The number of aromatic hydroxyl groups is 1. The van der Waals surface area contributed by atoms with Crippen molar-refractivity contribution >= 4 is 17.4 Å². The highest BCUT2D eigenvalue weighted by molar-refractivity contribution is 6.04. The van der Waals surface area contributed by atoms with Gasteiger partial charge >= 0.3 is 0 Å². The predicted octanol–water partition coefficient (Wildman–Crippen LogP) is 4.68. The summed E-state index contributed by atoms with van der Waals surface area (Å²) in [6.45, 7) is 2.02. The maximum atomic E-state index is 12.3. The molecule has 1 atom stereocenters. The molecular weight excluding hydrogens is 418 g/mol. The second-order valence-electron chi connectivity index (χ2n) is 7.36. The van der Waals surface area contributed by atoms with Crippen molar-refractivity contribution in [3.8, 4) is 22.8 Å². The van der Waals surface area contributed by atoms with Gasteiger partial charge in [0.1, 0.15) is 5.82 Å². The second-order valence-corrected chi connectivity index (χ2v) is 7.36. The molecule has 0 aliphatic carbocycles. The van der Waals surface area contributed by atoms with Gasteiger partial charge in [-0.3, -0.25) is 14.8 Å². The molecule has 0 spiro atoms. The quantitative estimate of drug-likeness (QED) is 0.382. The summed E-state index contributed by atoms with van der Waals surface area (Å²) in [4.78, 5) is 25.2. The first-order valence-corrected chi connectivity index (χ1v) is 10.3. The van der Waals surface area contributed by atoms with Gasteiger partial charge in [0.15, 0.2) is 11.5 Å². The molecule has 2 aromatic heterocycles. The molecule has 166 valence electrons. The van der Waals surface area contributed by atoms with Crippen LogP contribution in [-0.4, -0.2) is 33.1 Å². The van der Waals surface area contributed by atoms with Crippen LogP contribution in [0.1, 0.15) is 28.9 Å². The van der Waals surface area contributed by atoms with E-state index in [1.54, 1.807) is 48.9 Å². The minimum atomic E-state index is -0.208. The smallest absolute Gasteiger partial charge is 0.257 e. The van der Waals surface area contributed by atoms with Crippen molar-refractivity contribution in [1.29, 1.82) is 0 Å². The Labute approximate surface area is 191 Å². The summed E-state index contributed by atoms with van der Waals surface area (Å²) in [6.07, 6.45) is 6.46. The molecular formula is C25H23N5O3. The molecule has 0 fully saturated rings. The van der Waals surface area contributed by atoms with Crippen molar-refractivity contribution in [1.82, 2.24) is 15.0 Å². The molecule has 8 nitrogen and oxygen atoms in total. The van der Waals surface area contributed by atoms with E-state index in [1.165, 1.54) is 13.3 Å². The standard InChI is InChI=1S/C25H23N5O3/c1-16(17-5-8-20(9-6-17)29-25(32)19-4-3-11-26-13-19)28-24-15-27-14-21(30-24)18-7-10-22(31)23(12-18)33-2/h3-16,31H,1-2H3,(H,28,30)(H,29,32)/t16-/m1/s1. The molecule has 0 unspecified atom stereocenters. The van der Waals surface area contributed by atoms with E-state index in [9.17, 15) is 9.90 Å². The number of ether oxygens (including phenoxy) is 1. The first-order valence-electron chi connectivity index (χ1n) is 10.3. The minimum Gasteiger partial charge on any atom is -0.504 e. The van der Waals surface area contributed by atoms with Gasteiger partial charge in [-0.05, 0) is 55.0 Å². The molecule has 1 amide bonds. The van der Waals surface area contributed by atoms with Crippen LogP contribution in [0.5, 0.6) is 11.5 Å². The van der Waals surface area contributed by atoms with Gasteiger partial charge in [0.2, 0.25) is 0 Å². The van der Waals surface area contributed by atoms with Crippen LogP contribution in [0.25, 0.3) is 11.3 Å². The Balaban J connectivity index is 1.43. The molecule has 4 rings (SSSR count). The number of methoxy groups -OCH3 is 1. The van der Waals surface area contributed by atoms with Gasteiger partial charge in [-0.25, -0.2) is 4.98 Å². The summed E-state index contributed by atoms with van der Waals surface area (Å²) in [5.74, 6) is 0.842. The number of nitrogens with zero attached hydrogens (tertiary/aromatic N) is 3. The number of hydrogen-bond acceptors (Lipinski definition) is 7. The van der Waals surface area contributed by atoms with Crippen molar-refractivity contribution < 1.29 is 14.6 Å². The Morgan fingerprint density at radius 3 is 2.58 bits per heavy atom. The Bertz CT molecular complexity index is 1250. The number of pyridine rings is 1. The average molecular weight is 441 g/mol. The van der Waals surface area contributed by atoms with Gasteiger partial charge in [-0.2, -0.15) is 0 Å². The zero-order valence-corrected chi connectivity index (χ0v) is 18.2. The summed E-state index contributed by atoms with van der Waals surface area (Å²) in [6, 6.07) is 16.0. The lowest BCUT2D eigenvalue weighted by Crippen LogP contribution is -2.12. The molecule has 0 aliphatic heterocycles. The van der Waals surface area contributed by atoms with Gasteiger partial charge in [0.25, 0.3) is 5.91 Å². The summed E-state index contributed by atoms with van der Waals surface area (Å²) in [5.41, 5.74) is 3.65. The summed E-state index contributed by atoms with van der Waals surface area (Å²) in [5, 5.41) is 16.0. The number of hydrogen-bond donors (Lipinski definition) is 3. The van der Waals surface area contributed by atoms with E-state index < -0.39 is 0 Å². The lowest BCUT2D eigenvalue weighted by molar-refractivity contribution is 0.102. The Morgan fingerprint density at radius 2 is 1.85 bits per heavy atom. The zero-order chi connectivity index (χ0) is 23.2. The Kier molecular flexibility index (Phi) is 6.45. The number of nitrogens with one attached hydrogen (secondary N) is 2. The number of phenols is 1. The molecule has 0 radical (unpaired) electrons. The SMILES string of the molecule is COc1cc(-c2cncc(N[C@H](C)c3ccc(NC(=O)c4cccnc4)cc3)n2)ccc1O. The van der Waals surface area contributed by atoms with Gasteiger partial charge in [-0.15, -0.1) is 0 Å². The van der Waals surface area contributed by atoms with Crippen LogP contribution in [-0.2, 0) is 0 Å². The third-order valence-corrected chi connectivity index (χ3v) is 5.07. The van der Waals surface area contributed by atoms with Crippen LogP contribution in [0.2, 0.25) is 0 Å². The van der Waals surface area contributed by atoms with Crippen LogP contribution in [0.15, 0.2) is 79.4 Å². The molecule has 0 bridgehead atoms. The molecule has 3 N–H and O–H groups in total. The van der Waals surface area contributed by atoms with E-state index >= 15 is 0 Å². The van der Waals surface area contributed by atoms with E-state index in [4.69, 9.17) is 4.74 Å². The fourth-order valence-corrected chi connectivity index (χ4v) is 3.27. The number of carbonyl (C=O) groups is 1. The first-order chi connectivity index (χ1) is 16.0. The molecule has 0 saturated carbocycles.